The van der Waals surface area contributed by atoms with E-state index in [1.54, 1.807) is 13.8 Å². The molecule has 0 aromatic heterocycles. The predicted molar refractivity (Wildman–Crippen MR) is 64.5 cm³/mol. The minimum Gasteiger partial charge on any atom is -0.480 e. The minimum absolute atomic E-state index is 0.146. The quantitative estimate of drug-likeness (QED) is 0.614. The fraction of sp³-hybridized carbons (Fsp3) is 0.545. The minimum atomic E-state index is -1.18. The van der Waals surface area contributed by atoms with Crippen LogP contribution in [0.3, 0.4) is 0 Å². The molecule has 3 N–H and O–H groups in total. The van der Waals surface area contributed by atoms with Gasteiger partial charge < -0.3 is 20.6 Å². The van der Waals surface area contributed by atoms with Gasteiger partial charge in [0.05, 0.1) is 6.54 Å². The molecule has 0 atom stereocenters. The largest absolute Gasteiger partial charge is 0.480 e. The van der Waals surface area contributed by atoms with Gasteiger partial charge in [-0.1, -0.05) is 5.92 Å². The molecule has 0 aromatic rings. The highest BCUT2D eigenvalue weighted by Gasteiger charge is 2.25. The van der Waals surface area contributed by atoms with Gasteiger partial charge in [0, 0.05) is 6.04 Å². The third-order valence-corrected chi connectivity index (χ3v) is 2.07. The molecule has 0 aliphatic heterocycles. The van der Waals surface area contributed by atoms with Crippen molar-refractivity contribution in [1.29, 1.82) is 0 Å². The van der Waals surface area contributed by atoms with Crippen molar-refractivity contribution in [3.05, 3.63) is 0 Å². The summed E-state index contributed by atoms with van der Waals surface area (Å²) in [4.78, 5) is 35.7. The molecule has 0 spiro atoms. The summed E-state index contributed by atoms with van der Waals surface area (Å²) in [6.07, 6.45) is 5.07. The molecule has 7 heteroatoms. The zero-order chi connectivity index (χ0) is 14.3. The Bertz CT molecular complexity index is 373. The van der Waals surface area contributed by atoms with E-state index in [4.69, 9.17) is 17.3 Å². The van der Waals surface area contributed by atoms with Crippen LogP contribution in [0.1, 0.15) is 13.8 Å². The summed E-state index contributed by atoms with van der Waals surface area (Å²) in [7, 11) is 0. The maximum atomic E-state index is 12.0. The summed E-state index contributed by atoms with van der Waals surface area (Å²) in [6.45, 7) is 2.43. The number of amides is 3. The second-order valence-electron chi connectivity index (χ2n) is 3.92. The molecule has 0 bridgehead atoms. The molecule has 0 unspecified atom stereocenters. The zero-order valence-electron chi connectivity index (χ0n) is 10.4. The van der Waals surface area contributed by atoms with Crippen molar-refractivity contribution in [1.82, 2.24) is 9.80 Å². The first-order valence-corrected chi connectivity index (χ1v) is 5.28. The van der Waals surface area contributed by atoms with Gasteiger partial charge in [-0.3, -0.25) is 9.59 Å². The second-order valence-corrected chi connectivity index (χ2v) is 3.92. The number of hydrogen-bond acceptors (Lipinski definition) is 3. The zero-order valence-corrected chi connectivity index (χ0v) is 10.4. The maximum Gasteiger partial charge on any atom is 0.323 e. The van der Waals surface area contributed by atoms with E-state index in [0.29, 0.717) is 0 Å². The summed E-state index contributed by atoms with van der Waals surface area (Å²) < 4.78 is 0. The third kappa shape index (κ3) is 5.21. The van der Waals surface area contributed by atoms with Crippen LogP contribution in [-0.2, 0) is 9.59 Å². The Kier molecular flexibility index (Phi) is 6.28. The van der Waals surface area contributed by atoms with Crippen molar-refractivity contribution < 1.29 is 19.5 Å². The Balaban J connectivity index is 4.94. The SMILES string of the molecule is C#CCN(CC(=O)O)C(=O)N(CC(N)=O)C(C)C. The van der Waals surface area contributed by atoms with Crippen LogP contribution in [0.25, 0.3) is 0 Å². The molecule has 0 saturated carbocycles. The number of nitrogens with zero attached hydrogens (tertiary/aromatic N) is 2. The molecule has 0 rings (SSSR count). The average Bonchev–Trinajstić information content (AvgIpc) is 2.23. The number of primary amides is 1. The number of carboxylic acids is 1. The van der Waals surface area contributed by atoms with Crippen molar-refractivity contribution in [3.8, 4) is 12.3 Å². The number of rotatable bonds is 6. The Morgan fingerprint density at radius 3 is 2.22 bits per heavy atom. The smallest absolute Gasteiger partial charge is 0.323 e. The molecule has 0 heterocycles. The number of urea groups is 1. The normalized spacial score (nSPS) is 9.67. The Morgan fingerprint density at radius 2 is 1.89 bits per heavy atom. The average molecular weight is 255 g/mol. The van der Waals surface area contributed by atoms with Crippen molar-refractivity contribution >= 4 is 17.9 Å². The van der Waals surface area contributed by atoms with Crippen LogP contribution in [0, 0.1) is 12.3 Å². The summed E-state index contributed by atoms with van der Waals surface area (Å²) in [5.41, 5.74) is 5.04. The summed E-state index contributed by atoms with van der Waals surface area (Å²) in [5.74, 6) is 0.348. The Labute approximate surface area is 106 Å². The third-order valence-electron chi connectivity index (χ3n) is 2.07. The maximum absolute atomic E-state index is 12.0. The number of aliphatic carboxylic acids is 1. The highest BCUT2D eigenvalue weighted by Crippen LogP contribution is 2.04. The van der Waals surface area contributed by atoms with Crippen LogP contribution in [-0.4, -0.2) is 58.5 Å². The number of carbonyl (C=O) groups excluding carboxylic acids is 2. The van der Waals surface area contributed by atoms with E-state index in [9.17, 15) is 14.4 Å². The summed E-state index contributed by atoms with van der Waals surface area (Å²) >= 11 is 0. The van der Waals surface area contributed by atoms with Crippen molar-refractivity contribution in [2.45, 2.75) is 19.9 Å². The predicted octanol–water partition coefficient (Wildman–Crippen LogP) is -0.678. The first kappa shape index (κ1) is 15.8. The molecular formula is C11H17N3O4. The fourth-order valence-corrected chi connectivity index (χ4v) is 1.29. The topological polar surface area (TPSA) is 104 Å². The van der Waals surface area contributed by atoms with E-state index in [2.05, 4.69) is 5.92 Å². The van der Waals surface area contributed by atoms with E-state index < -0.39 is 24.5 Å². The molecule has 0 aliphatic carbocycles. The molecule has 0 saturated heterocycles. The molecule has 0 aromatic carbocycles. The van der Waals surface area contributed by atoms with Gasteiger partial charge in [-0.2, -0.15) is 0 Å². The lowest BCUT2D eigenvalue weighted by atomic mass is 10.3. The van der Waals surface area contributed by atoms with Gasteiger partial charge >= 0.3 is 12.0 Å². The summed E-state index contributed by atoms with van der Waals surface area (Å²) in [5, 5.41) is 8.69. The molecule has 18 heavy (non-hydrogen) atoms. The highest BCUT2D eigenvalue weighted by molar-refractivity contribution is 5.85. The molecule has 0 aliphatic rings. The van der Waals surface area contributed by atoms with E-state index in [-0.39, 0.29) is 19.1 Å². The number of nitrogens with two attached hydrogens (primary N) is 1. The van der Waals surface area contributed by atoms with Crippen LogP contribution < -0.4 is 5.73 Å². The first-order valence-electron chi connectivity index (χ1n) is 5.28. The lowest BCUT2D eigenvalue weighted by Gasteiger charge is -2.30. The first-order chi connectivity index (χ1) is 8.29. The fourth-order valence-electron chi connectivity index (χ4n) is 1.29. The van der Waals surface area contributed by atoms with Gasteiger partial charge in [-0.25, -0.2) is 4.79 Å². The van der Waals surface area contributed by atoms with Crippen molar-refractivity contribution in [3.63, 3.8) is 0 Å². The van der Waals surface area contributed by atoms with Gasteiger partial charge in [0.2, 0.25) is 5.91 Å². The standard InChI is InChI=1S/C11H17N3O4/c1-4-5-13(7-10(16)17)11(18)14(8(2)3)6-9(12)15/h1,8H,5-7H2,2-3H3,(H2,12,15)(H,16,17). The van der Waals surface area contributed by atoms with Crippen LogP contribution >= 0.6 is 0 Å². The van der Waals surface area contributed by atoms with Crippen LogP contribution in [0.2, 0.25) is 0 Å². The van der Waals surface area contributed by atoms with E-state index in [1.165, 1.54) is 4.90 Å². The van der Waals surface area contributed by atoms with Crippen LogP contribution in [0.15, 0.2) is 0 Å². The van der Waals surface area contributed by atoms with Crippen LogP contribution in [0.5, 0.6) is 0 Å². The van der Waals surface area contributed by atoms with Gasteiger partial charge in [-0.05, 0) is 13.8 Å². The van der Waals surface area contributed by atoms with E-state index in [0.717, 1.165) is 4.90 Å². The molecular weight excluding hydrogens is 238 g/mol. The number of carbonyl (C=O) groups is 3. The van der Waals surface area contributed by atoms with E-state index in [1.807, 2.05) is 0 Å². The summed E-state index contributed by atoms with van der Waals surface area (Å²) in [6, 6.07) is -0.914. The number of hydrogen-bond donors (Lipinski definition) is 2. The Morgan fingerprint density at radius 1 is 1.33 bits per heavy atom. The lowest BCUT2D eigenvalue weighted by Crippen LogP contribution is -2.50. The molecule has 0 radical (unpaired) electrons. The molecule has 7 nitrogen and oxygen atoms in total. The molecule has 0 fully saturated rings. The lowest BCUT2D eigenvalue weighted by molar-refractivity contribution is -0.137. The van der Waals surface area contributed by atoms with Crippen molar-refractivity contribution in [2.75, 3.05) is 19.6 Å². The van der Waals surface area contributed by atoms with E-state index >= 15 is 0 Å². The van der Waals surface area contributed by atoms with Gasteiger partial charge in [0.25, 0.3) is 0 Å². The van der Waals surface area contributed by atoms with Gasteiger partial charge in [0.1, 0.15) is 13.1 Å². The Hall–Kier alpha value is -2.23. The highest BCUT2D eigenvalue weighted by atomic mass is 16.4. The number of carboxylic acid groups (broad SMARTS) is 1. The van der Waals surface area contributed by atoms with Gasteiger partial charge in [0.15, 0.2) is 0 Å². The van der Waals surface area contributed by atoms with Crippen LogP contribution in [0.4, 0.5) is 4.79 Å². The molecule has 100 valence electrons. The second kappa shape index (κ2) is 7.17. The number of terminal acetylenes is 1. The monoisotopic (exact) mass is 255 g/mol. The molecule has 3 amide bonds. The van der Waals surface area contributed by atoms with Crippen molar-refractivity contribution in [2.24, 2.45) is 5.73 Å². The van der Waals surface area contributed by atoms with Gasteiger partial charge in [-0.15, -0.1) is 6.42 Å².